The largest absolute Gasteiger partial charge is 0.349 e. The van der Waals surface area contributed by atoms with E-state index in [0.717, 1.165) is 6.42 Å². The predicted molar refractivity (Wildman–Crippen MR) is 96.3 cm³/mol. The van der Waals surface area contributed by atoms with E-state index in [0.29, 0.717) is 5.56 Å². The number of aryl methyl sites for hydroxylation is 1. The summed E-state index contributed by atoms with van der Waals surface area (Å²) in [5.41, 5.74) is 1.37. The van der Waals surface area contributed by atoms with Crippen molar-refractivity contribution in [2.24, 2.45) is 7.05 Å². The average Bonchev–Trinajstić information content (AvgIpc) is 2.57. The van der Waals surface area contributed by atoms with Crippen molar-refractivity contribution in [3.63, 3.8) is 0 Å². The molecule has 0 saturated carbocycles. The van der Waals surface area contributed by atoms with Gasteiger partial charge < -0.3 is 9.88 Å². The molecule has 4 heteroatoms. The molecule has 0 radical (unpaired) electrons. The summed E-state index contributed by atoms with van der Waals surface area (Å²) in [6, 6.07) is 17.5. The van der Waals surface area contributed by atoms with Crippen LogP contribution in [0.25, 0.3) is 10.8 Å². The number of rotatable bonds is 4. The summed E-state index contributed by atoms with van der Waals surface area (Å²) in [5.74, 6) is -0.221. The Labute approximate surface area is 140 Å². The predicted octanol–water partition coefficient (Wildman–Crippen LogP) is 2.90. The van der Waals surface area contributed by atoms with E-state index >= 15 is 0 Å². The summed E-state index contributed by atoms with van der Waals surface area (Å²) < 4.78 is 1.44. The molecule has 122 valence electrons. The van der Waals surface area contributed by atoms with E-state index in [2.05, 4.69) is 35.6 Å². The lowest BCUT2D eigenvalue weighted by Crippen LogP contribution is -2.34. The lowest BCUT2D eigenvalue weighted by atomic mass is 10.0. The number of aromatic nitrogens is 1. The maximum atomic E-state index is 12.3. The first-order chi connectivity index (χ1) is 11.5. The molecule has 1 aromatic heterocycles. The van der Waals surface area contributed by atoms with Gasteiger partial charge in [-0.2, -0.15) is 0 Å². The van der Waals surface area contributed by atoms with Gasteiger partial charge >= 0.3 is 0 Å². The van der Waals surface area contributed by atoms with E-state index in [1.165, 1.54) is 27.0 Å². The lowest BCUT2D eigenvalue weighted by Gasteiger charge is -2.14. The smallest absolute Gasteiger partial charge is 0.251 e. The van der Waals surface area contributed by atoms with Crippen molar-refractivity contribution in [1.29, 1.82) is 0 Å². The quantitative estimate of drug-likeness (QED) is 0.803. The third-order valence-corrected chi connectivity index (χ3v) is 4.10. The second-order valence-corrected chi connectivity index (χ2v) is 6.12. The summed E-state index contributed by atoms with van der Waals surface area (Å²) in [6.45, 7) is 1.97. The van der Waals surface area contributed by atoms with Crippen LogP contribution in [-0.4, -0.2) is 16.5 Å². The fraction of sp³-hybridized carbons (Fsp3) is 0.200. The Kier molecular flexibility index (Phi) is 4.47. The highest BCUT2D eigenvalue weighted by Crippen LogP contribution is 2.16. The van der Waals surface area contributed by atoms with Crippen LogP contribution in [0.5, 0.6) is 0 Å². The Morgan fingerprint density at radius 3 is 2.58 bits per heavy atom. The number of pyridine rings is 1. The molecule has 0 aliphatic rings. The van der Waals surface area contributed by atoms with Gasteiger partial charge in [-0.15, -0.1) is 0 Å². The number of amides is 1. The molecule has 1 N–H and O–H groups in total. The molecular formula is C20H20N2O2. The zero-order valence-electron chi connectivity index (χ0n) is 13.8. The SMILES string of the molecule is CC(Cc1ccc2ccccc2c1)NC(=O)c1ccn(C)c(=O)c1. The molecule has 24 heavy (non-hydrogen) atoms. The molecule has 1 heterocycles. The van der Waals surface area contributed by atoms with Gasteiger partial charge in [-0.25, -0.2) is 0 Å². The highest BCUT2D eigenvalue weighted by Gasteiger charge is 2.11. The highest BCUT2D eigenvalue weighted by molar-refractivity contribution is 5.94. The van der Waals surface area contributed by atoms with Gasteiger partial charge in [0.2, 0.25) is 0 Å². The van der Waals surface area contributed by atoms with Crippen LogP contribution in [-0.2, 0) is 13.5 Å². The topological polar surface area (TPSA) is 51.1 Å². The molecule has 1 atom stereocenters. The second kappa shape index (κ2) is 6.71. The van der Waals surface area contributed by atoms with Gasteiger partial charge in [0.25, 0.3) is 11.5 Å². The molecule has 0 aliphatic heterocycles. The molecule has 3 aromatic rings. The first-order valence-corrected chi connectivity index (χ1v) is 7.98. The monoisotopic (exact) mass is 320 g/mol. The van der Waals surface area contributed by atoms with Crippen LogP contribution in [0, 0.1) is 0 Å². The van der Waals surface area contributed by atoms with Crippen molar-refractivity contribution in [1.82, 2.24) is 9.88 Å². The van der Waals surface area contributed by atoms with Gasteiger partial charge in [0.15, 0.2) is 0 Å². The molecule has 0 bridgehead atoms. The van der Waals surface area contributed by atoms with Crippen molar-refractivity contribution in [2.45, 2.75) is 19.4 Å². The van der Waals surface area contributed by atoms with E-state index in [4.69, 9.17) is 0 Å². The minimum Gasteiger partial charge on any atom is -0.349 e. The van der Waals surface area contributed by atoms with Crippen LogP contribution in [0.1, 0.15) is 22.8 Å². The maximum absolute atomic E-state index is 12.3. The van der Waals surface area contributed by atoms with Gasteiger partial charge in [-0.05, 0) is 35.7 Å². The molecule has 3 rings (SSSR count). The molecule has 2 aromatic carbocycles. The second-order valence-electron chi connectivity index (χ2n) is 6.12. The molecule has 0 saturated heterocycles. The van der Waals surface area contributed by atoms with Gasteiger partial charge in [-0.3, -0.25) is 9.59 Å². The van der Waals surface area contributed by atoms with Gasteiger partial charge in [0, 0.05) is 30.9 Å². The van der Waals surface area contributed by atoms with Crippen molar-refractivity contribution in [3.05, 3.63) is 82.3 Å². The Bertz CT molecular complexity index is 944. The molecule has 4 nitrogen and oxygen atoms in total. The fourth-order valence-electron chi connectivity index (χ4n) is 2.77. The Morgan fingerprint density at radius 1 is 1.08 bits per heavy atom. The molecule has 0 spiro atoms. The number of hydrogen-bond acceptors (Lipinski definition) is 2. The average molecular weight is 320 g/mol. The van der Waals surface area contributed by atoms with Crippen molar-refractivity contribution >= 4 is 16.7 Å². The number of fused-ring (bicyclic) bond motifs is 1. The van der Waals surface area contributed by atoms with E-state index in [9.17, 15) is 9.59 Å². The molecular weight excluding hydrogens is 300 g/mol. The van der Waals surface area contributed by atoms with E-state index < -0.39 is 0 Å². The van der Waals surface area contributed by atoms with Crippen molar-refractivity contribution in [2.75, 3.05) is 0 Å². The summed E-state index contributed by atoms with van der Waals surface area (Å²) in [7, 11) is 1.66. The maximum Gasteiger partial charge on any atom is 0.251 e. The van der Waals surface area contributed by atoms with E-state index in [1.54, 1.807) is 19.3 Å². The molecule has 0 fully saturated rings. The van der Waals surface area contributed by atoms with Crippen molar-refractivity contribution in [3.8, 4) is 0 Å². The number of nitrogens with one attached hydrogen (secondary N) is 1. The molecule has 1 unspecified atom stereocenters. The zero-order chi connectivity index (χ0) is 17.1. The minimum atomic E-state index is -0.221. The minimum absolute atomic E-state index is 0.0253. The highest BCUT2D eigenvalue weighted by atomic mass is 16.2. The third-order valence-electron chi connectivity index (χ3n) is 4.10. The summed E-state index contributed by atoms with van der Waals surface area (Å²) in [6.07, 6.45) is 2.34. The summed E-state index contributed by atoms with van der Waals surface area (Å²) >= 11 is 0. The van der Waals surface area contributed by atoms with Gasteiger partial charge in [-0.1, -0.05) is 42.5 Å². The van der Waals surface area contributed by atoms with Gasteiger partial charge in [0.1, 0.15) is 0 Å². The number of benzene rings is 2. The Balaban J connectivity index is 1.69. The van der Waals surface area contributed by atoms with Crippen LogP contribution in [0.15, 0.2) is 65.6 Å². The van der Waals surface area contributed by atoms with Crippen LogP contribution in [0.4, 0.5) is 0 Å². The third kappa shape index (κ3) is 3.54. The molecule has 1 amide bonds. The number of hydrogen-bond donors (Lipinski definition) is 1. The van der Waals surface area contributed by atoms with Crippen LogP contribution in [0.3, 0.4) is 0 Å². The fourth-order valence-corrected chi connectivity index (χ4v) is 2.77. The van der Waals surface area contributed by atoms with Crippen molar-refractivity contribution < 1.29 is 4.79 Å². The van der Waals surface area contributed by atoms with Crippen LogP contribution >= 0.6 is 0 Å². The van der Waals surface area contributed by atoms with E-state index in [1.807, 2.05) is 19.1 Å². The first kappa shape index (κ1) is 16.0. The van der Waals surface area contributed by atoms with E-state index in [-0.39, 0.29) is 17.5 Å². The van der Waals surface area contributed by atoms with Crippen LogP contribution in [0.2, 0.25) is 0 Å². The number of carbonyl (C=O) groups is 1. The van der Waals surface area contributed by atoms with Crippen LogP contribution < -0.4 is 10.9 Å². The Hall–Kier alpha value is -2.88. The van der Waals surface area contributed by atoms with Gasteiger partial charge in [0.05, 0.1) is 0 Å². The Morgan fingerprint density at radius 2 is 1.83 bits per heavy atom. The normalized spacial score (nSPS) is 12.1. The zero-order valence-corrected chi connectivity index (χ0v) is 13.8. The standard InChI is InChI=1S/C20H20N2O2/c1-14(21-20(24)18-9-10-22(2)19(23)13-18)11-15-7-8-16-5-3-4-6-17(16)12-15/h3-10,12-14H,11H2,1-2H3,(H,21,24). The molecule has 0 aliphatic carbocycles. The summed E-state index contributed by atoms with van der Waals surface area (Å²) in [4.78, 5) is 23.9. The first-order valence-electron chi connectivity index (χ1n) is 7.98. The summed E-state index contributed by atoms with van der Waals surface area (Å²) in [5, 5.41) is 5.35. The number of carbonyl (C=O) groups excluding carboxylic acids is 1. The number of nitrogens with zero attached hydrogens (tertiary/aromatic N) is 1. The lowest BCUT2D eigenvalue weighted by molar-refractivity contribution is 0.0940.